The van der Waals surface area contributed by atoms with E-state index in [1.54, 1.807) is 0 Å². The highest BCUT2D eigenvalue weighted by molar-refractivity contribution is 7.78. The van der Waals surface area contributed by atoms with Crippen LogP contribution >= 0.6 is 24.4 Å². The number of allylic oxidation sites excluding steroid dienone is 12. The summed E-state index contributed by atoms with van der Waals surface area (Å²) in [6.07, 6.45) is 16.8. The molecule has 8 heteroatoms. The molecule has 0 aromatic heterocycles. The van der Waals surface area contributed by atoms with Gasteiger partial charge in [-0.05, 0) is 183 Å². The lowest BCUT2D eigenvalue weighted by Gasteiger charge is -2.17. The van der Waals surface area contributed by atoms with Crippen molar-refractivity contribution in [2.45, 2.75) is 41.5 Å². The lowest BCUT2D eigenvalue weighted by molar-refractivity contribution is 1.28. The summed E-state index contributed by atoms with van der Waals surface area (Å²) < 4.78 is 0. The quantitative estimate of drug-likeness (QED) is 0.144. The fourth-order valence-electron chi connectivity index (χ4n) is 8.85. The van der Waals surface area contributed by atoms with Gasteiger partial charge in [-0.15, -0.1) is 0 Å². The maximum Gasteiger partial charge on any atom is 0.0739 e. The zero-order valence-electron chi connectivity index (χ0n) is 34.0. The van der Waals surface area contributed by atoms with Gasteiger partial charge in [-0.2, -0.15) is 9.98 Å². The van der Waals surface area contributed by atoms with E-state index in [-0.39, 0.29) is 0 Å². The third-order valence-electron chi connectivity index (χ3n) is 11.1. The number of rotatable bonds is 6. The van der Waals surface area contributed by atoms with Crippen molar-refractivity contribution in [2.24, 2.45) is 30.0 Å². The minimum Gasteiger partial charge on any atom is -0.248 e. The fraction of sp³-hybridized carbons (Fsp3) is 0.115. The van der Waals surface area contributed by atoms with Gasteiger partial charge in [0, 0.05) is 22.3 Å². The number of fused-ring (bicyclic) bond motifs is 4. The van der Waals surface area contributed by atoms with E-state index in [9.17, 15) is 0 Å². The van der Waals surface area contributed by atoms with Crippen molar-refractivity contribution < 1.29 is 0 Å². The summed E-state index contributed by atoms with van der Waals surface area (Å²) >= 11 is 9.83. The smallest absolute Gasteiger partial charge is 0.0739 e. The molecule has 0 atom stereocenters. The van der Waals surface area contributed by atoms with Gasteiger partial charge in [-0.3, -0.25) is 0 Å². The summed E-state index contributed by atoms with van der Waals surface area (Å²) in [6, 6.07) is 24.8. The van der Waals surface area contributed by atoms with E-state index in [0.29, 0.717) is 0 Å². The second-order valence-electron chi connectivity index (χ2n) is 15.4. The highest BCUT2D eigenvalue weighted by atomic mass is 32.1. The van der Waals surface area contributed by atoms with Gasteiger partial charge in [0.05, 0.1) is 67.3 Å². The Morgan fingerprint density at radius 2 is 0.667 bits per heavy atom. The van der Waals surface area contributed by atoms with Crippen molar-refractivity contribution in [1.82, 2.24) is 0 Å². The van der Waals surface area contributed by atoms with Crippen LogP contribution in [0.1, 0.15) is 55.6 Å². The van der Waals surface area contributed by atoms with Gasteiger partial charge >= 0.3 is 0 Å². The highest BCUT2D eigenvalue weighted by Gasteiger charge is 2.29. The average molecular weight is 811 g/mol. The van der Waals surface area contributed by atoms with E-state index in [2.05, 4.69) is 135 Å². The van der Waals surface area contributed by atoms with Gasteiger partial charge < -0.3 is 0 Å². The zero-order chi connectivity index (χ0) is 41.7. The van der Waals surface area contributed by atoms with Gasteiger partial charge in [0.1, 0.15) is 0 Å². The van der Waals surface area contributed by atoms with Crippen LogP contribution in [0.5, 0.6) is 0 Å². The van der Waals surface area contributed by atoms with E-state index in [1.807, 2.05) is 48.5 Å². The predicted octanol–water partition coefficient (Wildman–Crippen LogP) is 13.0. The van der Waals surface area contributed by atoms with Gasteiger partial charge in [0.2, 0.25) is 0 Å². The van der Waals surface area contributed by atoms with Gasteiger partial charge in [0.15, 0.2) is 0 Å². The minimum absolute atomic E-state index is 0.725. The molecule has 5 aliphatic rings. The van der Waals surface area contributed by atoms with Crippen LogP contribution in [0.2, 0.25) is 0 Å². The SMILES string of the molecule is Cc1cc(C)c(C2=C3C=CC(=N3)C(c3ccc(N=C=S)cc3)=C3C=CC(=N3)C(c3c(C)cc(C)cc3C)=C3C=CC(=N3)C(c3ccc(N=C=S)cc3)=C3C=CC2=N3)c(C)c1. The second kappa shape index (κ2) is 15.7. The minimum atomic E-state index is 0.725. The molecule has 0 aliphatic carbocycles. The summed E-state index contributed by atoms with van der Waals surface area (Å²) in [4.78, 5) is 30.3. The Kier molecular flexibility index (Phi) is 10.1. The Morgan fingerprint density at radius 1 is 0.383 bits per heavy atom. The number of isothiocyanates is 2. The van der Waals surface area contributed by atoms with Crippen LogP contribution in [0.15, 0.2) is 174 Å². The van der Waals surface area contributed by atoms with Crippen LogP contribution in [-0.2, 0) is 0 Å². The van der Waals surface area contributed by atoms with Crippen molar-refractivity contribution in [2.75, 3.05) is 0 Å². The molecule has 0 unspecified atom stereocenters. The maximum atomic E-state index is 5.46. The van der Waals surface area contributed by atoms with Crippen LogP contribution in [0.3, 0.4) is 0 Å². The molecule has 288 valence electrons. The zero-order valence-corrected chi connectivity index (χ0v) is 35.7. The topological polar surface area (TPSA) is 74.2 Å². The van der Waals surface area contributed by atoms with Crippen molar-refractivity contribution in [1.29, 1.82) is 0 Å². The summed E-state index contributed by atoms with van der Waals surface area (Å²) in [6.45, 7) is 12.9. The summed E-state index contributed by atoms with van der Waals surface area (Å²) in [5.41, 5.74) is 22.7. The predicted molar refractivity (Wildman–Crippen MR) is 258 cm³/mol. The number of benzene rings is 4. The maximum absolute atomic E-state index is 5.46. The van der Waals surface area contributed by atoms with E-state index >= 15 is 0 Å². The van der Waals surface area contributed by atoms with Crippen molar-refractivity contribution in [3.63, 3.8) is 0 Å². The molecule has 6 nitrogen and oxygen atoms in total. The van der Waals surface area contributed by atoms with Gasteiger partial charge in [0.25, 0.3) is 0 Å². The molecular formula is C52H38N6S2. The fourth-order valence-corrected chi connectivity index (χ4v) is 9.06. The third kappa shape index (κ3) is 7.02. The van der Waals surface area contributed by atoms with Crippen molar-refractivity contribution in [3.8, 4) is 0 Å². The number of thiocarbonyl (C=S) groups is 2. The Labute approximate surface area is 360 Å². The van der Waals surface area contributed by atoms with E-state index in [1.165, 1.54) is 11.1 Å². The average Bonchev–Trinajstić information content (AvgIpc) is 4.06. The van der Waals surface area contributed by atoms with Crippen LogP contribution in [-0.4, -0.2) is 33.2 Å². The van der Waals surface area contributed by atoms with Crippen molar-refractivity contribution >= 4 is 91.3 Å². The first-order valence-corrected chi connectivity index (χ1v) is 20.5. The van der Waals surface area contributed by atoms with E-state index in [0.717, 1.165) is 124 Å². The number of hydrogen-bond donors (Lipinski definition) is 0. The Balaban J connectivity index is 1.39. The van der Waals surface area contributed by atoms with Gasteiger partial charge in [-0.1, -0.05) is 59.7 Å². The molecular weight excluding hydrogens is 773 g/mol. The molecule has 0 amide bonds. The Hall–Kier alpha value is -6.92. The lowest BCUT2D eigenvalue weighted by Crippen LogP contribution is -2.06. The normalized spacial score (nSPS) is 16.4. The second-order valence-corrected chi connectivity index (χ2v) is 15.8. The number of aryl methyl sites for hydroxylation is 6. The lowest BCUT2D eigenvalue weighted by atomic mass is 9.90. The first-order chi connectivity index (χ1) is 29.1. The van der Waals surface area contributed by atoms with Gasteiger partial charge in [-0.25, -0.2) is 20.0 Å². The molecule has 4 aromatic rings. The standard InChI is InChI=1S/C52H38N6S2/c1-29-23-31(3)47(32(4)24-29)51-43-19-15-39(55-43)49(35-7-11-37(12-8-35)53-27-59)41-17-21-45(57-41)52(48-33(5)25-30(2)26-34(48)6)46-22-18-42(58-46)50(40-16-20-44(51)56-40)36-9-13-38(14-10-36)54-28-60/h7-26H,1-6H3. The molecule has 0 saturated carbocycles. The molecule has 60 heavy (non-hydrogen) atoms. The monoisotopic (exact) mass is 810 g/mol. The Bertz CT molecular complexity index is 2840. The van der Waals surface area contributed by atoms with Crippen LogP contribution < -0.4 is 0 Å². The molecule has 0 fully saturated rings. The summed E-state index contributed by atoms with van der Waals surface area (Å²) in [5, 5.41) is 4.97. The third-order valence-corrected chi connectivity index (χ3v) is 11.3. The summed E-state index contributed by atoms with van der Waals surface area (Å²) in [7, 11) is 0. The number of aliphatic imine (C=N–C) groups is 6. The molecule has 0 N–H and O–H groups in total. The first kappa shape index (κ1) is 38.6. The van der Waals surface area contributed by atoms with E-state index in [4.69, 9.17) is 44.4 Å². The van der Waals surface area contributed by atoms with Crippen LogP contribution in [0, 0.1) is 41.5 Å². The molecule has 4 aromatic carbocycles. The number of hydrogen-bond acceptors (Lipinski definition) is 8. The van der Waals surface area contributed by atoms with Crippen molar-refractivity contribution in [3.05, 3.63) is 200 Å². The van der Waals surface area contributed by atoms with E-state index < -0.39 is 0 Å². The molecule has 9 rings (SSSR count). The molecule has 0 spiro atoms. The molecule has 0 radical (unpaired) electrons. The molecule has 0 saturated heterocycles. The number of nitrogens with zero attached hydrogens (tertiary/aromatic N) is 6. The first-order valence-electron chi connectivity index (χ1n) is 19.7. The largest absolute Gasteiger partial charge is 0.248 e. The molecule has 8 bridgehead atoms. The highest BCUT2D eigenvalue weighted by Crippen LogP contribution is 2.41. The van der Waals surface area contributed by atoms with Crippen LogP contribution in [0.25, 0.3) is 22.3 Å². The Morgan fingerprint density at radius 3 is 0.967 bits per heavy atom. The molecule has 5 heterocycles. The van der Waals surface area contributed by atoms with Crippen LogP contribution in [0.4, 0.5) is 11.4 Å². The molecule has 5 aliphatic heterocycles. The summed E-state index contributed by atoms with van der Waals surface area (Å²) in [5.74, 6) is 0.